The molecule has 0 bridgehead atoms. The van der Waals surface area contributed by atoms with E-state index >= 15 is 0 Å². The third kappa shape index (κ3) is 5.88. The number of hydrogen-bond acceptors (Lipinski definition) is 1. The minimum atomic E-state index is 1.13. The predicted octanol–water partition coefficient (Wildman–Crippen LogP) is 15.9. The highest BCUT2D eigenvalue weighted by Gasteiger charge is 2.19. The van der Waals surface area contributed by atoms with Crippen LogP contribution in [0.15, 0.2) is 224 Å². The Morgan fingerprint density at radius 3 is 1.41 bits per heavy atom. The number of anilines is 3. The maximum absolute atomic E-state index is 2.41. The van der Waals surface area contributed by atoms with Gasteiger partial charge in [-0.3, -0.25) is 0 Å². The molecule has 0 aliphatic rings. The zero-order valence-electron chi connectivity index (χ0n) is 32.8. The van der Waals surface area contributed by atoms with Crippen LogP contribution < -0.4 is 4.90 Å². The van der Waals surface area contributed by atoms with Gasteiger partial charge in [0.15, 0.2) is 0 Å². The van der Waals surface area contributed by atoms with E-state index in [1.807, 2.05) is 0 Å². The Labute approximate surface area is 344 Å². The Kier molecular flexibility index (Phi) is 8.41. The molecule has 0 atom stereocenters. The second-order valence-electron chi connectivity index (χ2n) is 15.3. The number of hydrogen-bond donors (Lipinski definition) is 0. The summed E-state index contributed by atoms with van der Waals surface area (Å²) in [6.07, 6.45) is 0. The molecule has 0 spiro atoms. The first-order valence-corrected chi connectivity index (χ1v) is 20.4. The Balaban J connectivity index is 0.993. The average Bonchev–Trinajstić information content (AvgIpc) is 3.63. The minimum absolute atomic E-state index is 1.13. The van der Waals surface area contributed by atoms with Gasteiger partial charge in [-0.05, 0) is 128 Å². The first-order chi connectivity index (χ1) is 29.2. The first kappa shape index (κ1) is 34.6. The van der Waals surface area contributed by atoms with Gasteiger partial charge in [0.25, 0.3) is 0 Å². The zero-order valence-corrected chi connectivity index (χ0v) is 32.8. The van der Waals surface area contributed by atoms with Crippen LogP contribution >= 0.6 is 0 Å². The second kappa shape index (κ2) is 14.4. The van der Waals surface area contributed by atoms with E-state index in [-0.39, 0.29) is 0 Å². The Bertz CT molecular complexity index is 3250. The standard InChI is InChI=1S/C57H40N2/c1-39-16-8-14-26-53(39)58(44-19-6-3-7-20-44)45-33-28-40(29-34-45)43-32-37-55-52(38-43)47-21-13-15-27-54(47)59(55)46-35-30-42(31-36-46)57-50-24-11-9-22-48(50)56(41-17-4-2-5-18-41)49-23-10-12-25-51(49)57/h2-38H,1H3. The Morgan fingerprint density at radius 2 is 0.780 bits per heavy atom. The lowest BCUT2D eigenvalue weighted by molar-refractivity contribution is 1.18. The summed E-state index contributed by atoms with van der Waals surface area (Å²) in [5, 5.41) is 7.54. The van der Waals surface area contributed by atoms with Crippen molar-refractivity contribution in [3.8, 4) is 39.1 Å². The lowest BCUT2D eigenvalue weighted by Gasteiger charge is -2.27. The first-order valence-electron chi connectivity index (χ1n) is 20.4. The van der Waals surface area contributed by atoms with Crippen molar-refractivity contribution in [1.82, 2.24) is 4.57 Å². The van der Waals surface area contributed by atoms with E-state index in [9.17, 15) is 0 Å². The van der Waals surface area contributed by atoms with Gasteiger partial charge in [0, 0.05) is 33.5 Å². The van der Waals surface area contributed by atoms with Gasteiger partial charge in [0.05, 0.1) is 11.0 Å². The number of para-hydroxylation sites is 3. The van der Waals surface area contributed by atoms with Crippen molar-refractivity contribution in [2.45, 2.75) is 6.92 Å². The molecule has 1 aromatic heterocycles. The van der Waals surface area contributed by atoms with E-state index in [0.29, 0.717) is 0 Å². The molecule has 0 aliphatic heterocycles. The molecule has 0 saturated carbocycles. The monoisotopic (exact) mass is 752 g/mol. The van der Waals surface area contributed by atoms with Gasteiger partial charge in [-0.15, -0.1) is 0 Å². The molecule has 0 radical (unpaired) electrons. The number of fused-ring (bicyclic) bond motifs is 5. The van der Waals surface area contributed by atoms with Crippen molar-refractivity contribution < 1.29 is 0 Å². The van der Waals surface area contributed by atoms with Crippen molar-refractivity contribution in [3.05, 3.63) is 230 Å². The van der Waals surface area contributed by atoms with Gasteiger partial charge in [-0.1, -0.05) is 164 Å². The molecular weight excluding hydrogens is 713 g/mol. The van der Waals surface area contributed by atoms with Gasteiger partial charge in [0.1, 0.15) is 0 Å². The molecule has 10 aromatic carbocycles. The molecule has 11 aromatic rings. The highest BCUT2D eigenvalue weighted by Crippen LogP contribution is 2.44. The summed E-state index contributed by atoms with van der Waals surface area (Å²) in [4.78, 5) is 2.34. The minimum Gasteiger partial charge on any atom is -0.310 e. The van der Waals surface area contributed by atoms with Gasteiger partial charge >= 0.3 is 0 Å². The van der Waals surface area contributed by atoms with Crippen molar-refractivity contribution in [2.75, 3.05) is 4.90 Å². The maximum atomic E-state index is 2.41. The van der Waals surface area contributed by atoms with Crippen LogP contribution in [0.4, 0.5) is 17.1 Å². The Hall–Kier alpha value is -7.68. The normalized spacial score (nSPS) is 11.5. The van der Waals surface area contributed by atoms with Gasteiger partial charge < -0.3 is 9.47 Å². The van der Waals surface area contributed by atoms with Gasteiger partial charge in [-0.25, -0.2) is 0 Å². The average molecular weight is 753 g/mol. The number of aromatic nitrogens is 1. The van der Waals surface area contributed by atoms with Crippen molar-refractivity contribution >= 4 is 60.4 Å². The summed E-state index contributed by atoms with van der Waals surface area (Å²) >= 11 is 0. The molecule has 0 N–H and O–H groups in total. The molecule has 0 unspecified atom stereocenters. The smallest absolute Gasteiger partial charge is 0.0541 e. The van der Waals surface area contributed by atoms with Crippen LogP contribution in [-0.2, 0) is 0 Å². The molecular formula is C57H40N2. The summed E-state index contributed by atoms with van der Waals surface area (Å²) in [5.41, 5.74) is 15.6. The molecule has 0 amide bonds. The molecule has 278 valence electrons. The molecule has 0 saturated heterocycles. The van der Waals surface area contributed by atoms with Gasteiger partial charge in [-0.2, -0.15) is 0 Å². The summed E-state index contributed by atoms with van der Waals surface area (Å²) in [5.74, 6) is 0. The second-order valence-corrected chi connectivity index (χ2v) is 15.3. The van der Waals surface area contributed by atoms with Crippen LogP contribution in [0, 0.1) is 6.92 Å². The molecule has 0 aliphatic carbocycles. The third-order valence-electron chi connectivity index (χ3n) is 11.9. The van der Waals surface area contributed by atoms with Crippen LogP contribution in [0.3, 0.4) is 0 Å². The molecule has 11 rings (SSSR count). The van der Waals surface area contributed by atoms with Crippen LogP contribution in [0.5, 0.6) is 0 Å². The number of rotatable bonds is 7. The Morgan fingerprint density at radius 1 is 0.322 bits per heavy atom. The number of nitrogens with zero attached hydrogens (tertiary/aromatic N) is 2. The largest absolute Gasteiger partial charge is 0.310 e. The third-order valence-corrected chi connectivity index (χ3v) is 11.9. The summed E-state index contributed by atoms with van der Waals surface area (Å²) < 4.78 is 2.41. The number of benzene rings is 10. The molecule has 2 nitrogen and oxygen atoms in total. The van der Waals surface area contributed by atoms with E-state index in [2.05, 4.69) is 241 Å². The summed E-state index contributed by atoms with van der Waals surface area (Å²) in [6, 6.07) is 81.6. The maximum Gasteiger partial charge on any atom is 0.0541 e. The highest BCUT2D eigenvalue weighted by molar-refractivity contribution is 6.21. The van der Waals surface area contributed by atoms with Crippen LogP contribution in [0.25, 0.3) is 82.4 Å². The van der Waals surface area contributed by atoms with Gasteiger partial charge in [0.2, 0.25) is 0 Å². The SMILES string of the molecule is Cc1ccccc1N(c1ccccc1)c1ccc(-c2ccc3c(c2)c2ccccc2n3-c2ccc(-c3c4ccccc4c(-c4ccccc4)c4ccccc34)cc2)cc1. The highest BCUT2D eigenvalue weighted by atomic mass is 15.1. The van der Waals surface area contributed by atoms with E-state index in [1.165, 1.54) is 88.0 Å². The zero-order chi connectivity index (χ0) is 39.3. The lowest BCUT2D eigenvalue weighted by Crippen LogP contribution is -2.11. The topological polar surface area (TPSA) is 8.17 Å². The van der Waals surface area contributed by atoms with Crippen molar-refractivity contribution in [3.63, 3.8) is 0 Å². The van der Waals surface area contributed by atoms with Crippen LogP contribution in [-0.4, -0.2) is 4.57 Å². The fraction of sp³-hybridized carbons (Fsp3) is 0.0175. The van der Waals surface area contributed by atoms with Crippen LogP contribution in [0.1, 0.15) is 5.56 Å². The van der Waals surface area contributed by atoms with E-state index < -0.39 is 0 Å². The fourth-order valence-electron chi connectivity index (χ4n) is 9.18. The number of aryl methyl sites for hydroxylation is 1. The van der Waals surface area contributed by atoms with E-state index in [4.69, 9.17) is 0 Å². The van der Waals surface area contributed by atoms with E-state index in [1.54, 1.807) is 0 Å². The molecule has 1 heterocycles. The van der Waals surface area contributed by atoms with E-state index in [0.717, 1.165) is 17.1 Å². The van der Waals surface area contributed by atoms with Crippen LogP contribution in [0.2, 0.25) is 0 Å². The molecule has 0 fully saturated rings. The fourth-order valence-corrected chi connectivity index (χ4v) is 9.18. The summed E-state index contributed by atoms with van der Waals surface area (Å²) in [6.45, 7) is 2.17. The predicted molar refractivity (Wildman–Crippen MR) is 252 cm³/mol. The summed E-state index contributed by atoms with van der Waals surface area (Å²) in [7, 11) is 0. The quantitative estimate of drug-likeness (QED) is 0.147. The van der Waals surface area contributed by atoms with Crippen molar-refractivity contribution in [1.29, 1.82) is 0 Å². The lowest BCUT2D eigenvalue weighted by atomic mass is 9.86. The molecule has 2 heteroatoms. The molecule has 59 heavy (non-hydrogen) atoms. The van der Waals surface area contributed by atoms with Crippen molar-refractivity contribution in [2.24, 2.45) is 0 Å².